The summed E-state index contributed by atoms with van der Waals surface area (Å²) in [4.78, 5) is 96.2. The Morgan fingerprint density at radius 1 is 0.734 bits per heavy atom. The molecule has 5 rings (SSSR count). The van der Waals surface area contributed by atoms with Crippen LogP contribution in [0.1, 0.15) is 62.3 Å². The molecule has 426 valence electrons. The lowest BCUT2D eigenvalue weighted by Gasteiger charge is -2.46. The Bertz CT molecular complexity index is 2610. The van der Waals surface area contributed by atoms with Gasteiger partial charge >= 0.3 is 12.1 Å². The number of nitrogens with zero attached hydrogens (tertiary/aromatic N) is 3. The van der Waals surface area contributed by atoms with E-state index >= 15 is 0 Å². The summed E-state index contributed by atoms with van der Waals surface area (Å²) < 4.78 is 37.8. The van der Waals surface area contributed by atoms with Crippen LogP contribution in [0.25, 0.3) is 0 Å². The Labute approximate surface area is 456 Å². The molecule has 10 N–H and O–H groups in total. The number of aliphatic hydroxyl groups is 1. The van der Waals surface area contributed by atoms with Crippen LogP contribution in [0.3, 0.4) is 0 Å². The molecule has 25 nitrogen and oxygen atoms in total. The number of aliphatic hydroxyl groups excluding tert-OH is 1. The zero-order chi connectivity index (χ0) is 57.3. The number of hydrazine groups is 1. The number of nitro groups is 1. The summed E-state index contributed by atoms with van der Waals surface area (Å²) in [5.74, 6) is -6.50. The minimum Gasteiger partial charge on any atom is -0.481 e. The molecule has 1 saturated heterocycles. The first-order chi connectivity index (χ1) is 37.8. The van der Waals surface area contributed by atoms with E-state index in [-0.39, 0.29) is 57.0 Å². The van der Waals surface area contributed by atoms with Crippen molar-refractivity contribution in [1.82, 2.24) is 26.3 Å². The van der Waals surface area contributed by atoms with Crippen molar-refractivity contribution in [3.05, 3.63) is 154 Å². The van der Waals surface area contributed by atoms with Gasteiger partial charge in [-0.3, -0.25) is 29.0 Å². The van der Waals surface area contributed by atoms with Gasteiger partial charge in [0.25, 0.3) is 0 Å². The van der Waals surface area contributed by atoms with E-state index in [0.29, 0.717) is 0 Å². The van der Waals surface area contributed by atoms with E-state index in [1.807, 2.05) is 121 Å². The third-order valence-corrected chi connectivity index (χ3v) is 11.7. The molecule has 4 aromatic carbocycles. The minimum atomic E-state index is -1.93. The average molecular weight is 1100 g/mol. The number of hydrogen-bond acceptors (Lipinski definition) is 16. The summed E-state index contributed by atoms with van der Waals surface area (Å²) in [5, 5.41) is 40.9. The van der Waals surface area contributed by atoms with Crippen molar-refractivity contribution in [2.75, 3.05) is 26.3 Å². The highest BCUT2D eigenvalue weighted by Crippen LogP contribution is 2.30. The van der Waals surface area contributed by atoms with Gasteiger partial charge in [-0.25, -0.2) is 14.9 Å². The van der Waals surface area contributed by atoms with E-state index < -0.39 is 121 Å². The molecule has 1 heterocycles. The number of carbonyl (C=O) groups excluding carboxylic acids is 5. The molecule has 5 amide bonds. The normalized spacial score (nSPS) is 18.1. The van der Waals surface area contributed by atoms with Crippen LogP contribution in [0.15, 0.2) is 126 Å². The Kier molecular flexibility index (Phi) is 24.5. The molecule has 8 atom stereocenters. The second-order valence-electron chi connectivity index (χ2n) is 19.1. The van der Waals surface area contributed by atoms with Gasteiger partial charge in [0.1, 0.15) is 42.0 Å². The molecule has 1 aliphatic rings. The van der Waals surface area contributed by atoms with Crippen LogP contribution < -0.4 is 32.7 Å². The molecule has 1 fully saturated rings. The van der Waals surface area contributed by atoms with Gasteiger partial charge in [0.2, 0.25) is 23.6 Å². The lowest BCUT2D eigenvalue weighted by atomic mass is 9.95. The Balaban J connectivity index is 1.39. The monoisotopic (exact) mass is 1100 g/mol. The van der Waals surface area contributed by atoms with Gasteiger partial charge in [0.15, 0.2) is 23.3 Å². The number of guanidine groups is 1. The van der Waals surface area contributed by atoms with Crippen LogP contribution >= 0.6 is 0 Å². The van der Waals surface area contributed by atoms with Gasteiger partial charge in [0.05, 0.1) is 52.6 Å². The van der Waals surface area contributed by atoms with Crippen molar-refractivity contribution in [1.29, 1.82) is 0 Å². The van der Waals surface area contributed by atoms with Gasteiger partial charge in [-0.1, -0.05) is 121 Å². The van der Waals surface area contributed by atoms with Crippen molar-refractivity contribution in [2.24, 2.45) is 16.5 Å². The Hall–Kier alpha value is -8.07. The van der Waals surface area contributed by atoms with E-state index in [9.17, 15) is 49.1 Å². The molecule has 25 heteroatoms. The maximum Gasteiger partial charge on any atom is 0.469 e. The molecule has 0 unspecified atom stereocenters. The number of amides is 5. The molecular weight excluding hydrogens is 1030 g/mol. The number of carboxylic acids is 1. The highest BCUT2D eigenvalue weighted by atomic mass is 16.7. The number of nitrogens with one attached hydrogen (secondary N) is 4. The highest BCUT2D eigenvalue weighted by molar-refractivity contribution is 5.95. The summed E-state index contributed by atoms with van der Waals surface area (Å²) in [6, 6.07) is 30.3. The van der Waals surface area contributed by atoms with Crippen LogP contribution in [0.5, 0.6) is 0 Å². The largest absolute Gasteiger partial charge is 0.481 e. The lowest BCUT2D eigenvalue weighted by molar-refractivity contribution is -0.641. The standard InChI is InChI=1S/C54H69N9O16/c1-54(2,3)79-53(71)62(63(72)73)41(25-16-26-57-52(55)56)50(70)58-28-43(65)59-39(27-44(66)67)48(68)60-40(29-64)49(69)61-45-47(76-32-37-21-12-6-13-22-37)46(75-31-36-19-10-5-11-20-36)42(34-74-30-35-17-8-4-9-18-35)78-51(45)77-33-38-23-14-7-15-24-38/h4-15,17-24,39-42,45-47,51,64H,16,25-34H2,1-3H3,(H,58,70)(H,59,65)(H,60,68)(H,61,69)(H,66,67)(H4,55,56,57)/t39-,40-,41-,42+,45+,46+,47+,51+/m0/s1. The summed E-state index contributed by atoms with van der Waals surface area (Å²) in [5.41, 5.74) is 12.7. The summed E-state index contributed by atoms with van der Waals surface area (Å²) in [6.07, 6.45) is -7.22. The fourth-order valence-electron chi connectivity index (χ4n) is 8.01. The summed E-state index contributed by atoms with van der Waals surface area (Å²) >= 11 is 0. The number of aliphatic carboxylic acids is 1. The quantitative estimate of drug-likeness (QED) is 0.0122. The Morgan fingerprint density at radius 3 is 1.75 bits per heavy atom. The number of carbonyl (C=O) groups is 6. The van der Waals surface area contributed by atoms with Crippen molar-refractivity contribution >= 4 is 41.7 Å². The predicted molar refractivity (Wildman–Crippen MR) is 283 cm³/mol. The molecular formula is C54H69N9O16. The number of rotatable bonds is 30. The summed E-state index contributed by atoms with van der Waals surface area (Å²) in [6.45, 7) is 2.49. The van der Waals surface area contributed by atoms with Crippen LogP contribution in [-0.2, 0) is 78.8 Å². The molecule has 4 aromatic rings. The van der Waals surface area contributed by atoms with Gasteiger partial charge in [0, 0.05) is 6.54 Å². The third-order valence-electron chi connectivity index (χ3n) is 11.7. The van der Waals surface area contributed by atoms with E-state index in [0.717, 1.165) is 22.3 Å². The maximum atomic E-state index is 14.5. The first-order valence-corrected chi connectivity index (χ1v) is 25.3. The second kappa shape index (κ2) is 31.4. The maximum absolute atomic E-state index is 14.5. The SMILES string of the molecule is CC(C)(C)OC(=O)N([C@@H](CCCN=C(N)N)C(=O)NCC(=O)N[C@@H](CC(=O)O)C(=O)N[C@@H](CO)C(=O)N[C@H]1[C@H](OCc2ccccc2)O[C@H](COCc2ccccc2)[C@@H](OCc2ccccc2)[C@@H]1OCc1ccccc1)[N+](=O)[O-]. The van der Waals surface area contributed by atoms with Crippen LogP contribution in [-0.4, -0.2) is 143 Å². The van der Waals surface area contributed by atoms with Gasteiger partial charge in [-0.2, -0.15) is 0 Å². The van der Waals surface area contributed by atoms with Crippen molar-refractivity contribution in [3.8, 4) is 0 Å². The number of hydrogen-bond donors (Lipinski definition) is 8. The highest BCUT2D eigenvalue weighted by Gasteiger charge is 2.50. The second-order valence-corrected chi connectivity index (χ2v) is 19.1. The lowest BCUT2D eigenvalue weighted by Crippen LogP contribution is -2.68. The molecule has 0 spiro atoms. The van der Waals surface area contributed by atoms with Gasteiger partial charge in [-0.15, -0.1) is 0 Å². The first kappa shape index (κ1) is 61.8. The zero-order valence-corrected chi connectivity index (χ0v) is 44.1. The fourth-order valence-corrected chi connectivity index (χ4v) is 8.01. The molecule has 0 aromatic heterocycles. The molecule has 0 radical (unpaired) electrons. The van der Waals surface area contributed by atoms with Crippen LogP contribution in [0.2, 0.25) is 0 Å². The van der Waals surface area contributed by atoms with Gasteiger partial charge in [-0.05, 0) is 60.9 Å². The van der Waals surface area contributed by atoms with Gasteiger partial charge < -0.3 is 71.4 Å². The molecule has 1 aliphatic heterocycles. The first-order valence-electron chi connectivity index (χ1n) is 25.3. The average Bonchev–Trinajstić information content (AvgIpc) is 3.49. The van der Waals surface area contributed by atoms with Crippen LogP contribution in [0.4, 0.5) is 4.79 Å². The van der Waals surface area contributed by atoms with Crippen molar-refractivity contribution < 1.29 is 72.4 Å². The predicted octanol–water partition coefficient (Wildman–Crippen LogP) is 2.20. The number of benzene rings is 4. The molecule has 0 bridgehead atoms. The molecule has 0 saturated carbocycles. The van der Waals surface area contributed by atoms with Crippen molar-refractivity contribution in [3.63, 3.8) is 0 Å². The number of nitrogens with two attached hydrogens (primary N) is 2. The van der Waals surface area contributed by atoms with Crippen LogP contribution in [0, 0.1) is 10.1 Å². The van der Waals surface area contributed by atoms with E-state index in [1.54, 1.807) is 0 Å². The number of carboxylic acid groups (broad SMARTS) is 1. The van der Waals surface area contributed by atoms with E-state index in [2.05, 4.69) is 26.3 Å². The van der Waals surface area contributed by atoms with E-state index in [4.69, 9.17) is 39.9 Å². The van der Waals surface area contributed by atoms with E-state index in [1.165, 1.54) is 20.8 Å². The third kappa shape index (κ3) is 21.0. The number of aliphatic imine (C=N–C) groups is 1. The smallest absolute Gasteiger partial charge is 0.469 e. The summed E-state index contributed by atoms with van der Waals surface area (Å²) in [7, 11) is 0. The molecule has 79 heavy (non-hydrogen) atoms. The molecule has 0 aliphatic carbocycles. The fraction of sp³-hybridized carbons (Fsp3) is 0.426. The van der Waals surface area contributed by atoms with Crippen molar-refractivity contribution in [2.45, 2.75) is 121 Å². The minimum absolute atomic E-state index is 0.00852. The number of ether oxygens (including phenoxy) is 6. The Morgan fingerprint density at radius 2 is 1.25 bits per heavy atom. The zero-order valence-electron chi connectivity index (χ0n) is 44.1. The topological polar surface area (TPSA) is 357 Å².